The van der Waals surface area contributed by atoms with Gasteiger partial charge in [-0.25, -0.2) is 0 Å². The molecular weight excluding hydrogens is 104 g/mol. The monoisotopic (exact) mass is 114 g/mol. The second kappa shape index (κ2) is 1.88. The maximum absolute atomic E-state index is 8.61. The number of epoxide rings is 1. The van der Waals surface area contributed by atoms with Crippen LogP contribution in [0.15, 0.2) is 12.7 Å². The summed E-state index contributed by atoms with van der Waals surface area (Å²) in [6, 6.07) is 0. The van der Waals surface area contributed by atoms with E-state index in [1.807, 2.05) is 0 Å². The maximum Gasteiger partial charge on any atom is 0.118 e. The second-order valence-corrected chi connectivity index (χ2v) is 2.12. The highest BCUT2D eigenvalue weighted by molar-refractivity contribution is 4.96. The van der Waals surface area contributed by atoms with Crippen LogP contribution in [0.3, 0.4) is 0 Å². The van der Waals surface area contributed by atoms with E-state index < -0.39 is 0 Å². The van der Waals surface area contributed by atoms with E-state index in [2.05, 4.69) is 6.58 Å². The van der Waals surface area contributed by atoms with Crippen molar-refractivity contribution in [3.05, 3.63) is 12.7 Å². The number of ether oxygens (including phenoxy) is 1. The van der Waals surface area contributed by atoms with Gasteiger partial charge in [-0.1, -0.05) is 6.08 Å². The van der Waals surface area contributed by atoms with Crippen LogP contribution in [0, 0.1) is 0 Å². The number of rotatable bonds is 3. The summed E-state index contributed by atoms with van der Waals surface area (Å²) in [4.78, 5) is 0. The fourth-order valence-electron chi connectivity index (χ4n) is 0.639. The highest BCUT2D eigenvalue weighted by Gasteiger charge is 2.42. The fraction of sp³-hybridized carbons (Fsp3) is 0.667. The molecule has 1 heterocycles. The zero-order valence-electron chi connectivity index (χ0n) is 4.76. The molecule has 1 N–H and O–H groups in total. The summed E-state index contributed by atoms with van der Waals surface area (Å²) in [6.07, 6.45) is 2.53. The average Bonchev–Trinajstić information content (AvgIpc) is 2.50. The normalized spacial score (nSPS) is 34.6. The molecule has 0 bridgehead atoms. The molecule has 0 radical (unpaired) electrons. The van der Waals surface area contributed by atoms with E-state index in [9.17, 15) is 0 Å². The fourth-order valence-corrected chi connectivity index (χ4v) is 0.639. The first-order valence-corrected chi connectivity index (χ1v) is 2.69. The minimum Gasteiger partial charge on any atom is -0.393 e. The number of aliphatic hydroxyl groups is 1. The predicted molar refractivity (Wildman–Crippen MR) is 30.6 cm³/mol. The molecule has 1 aliphatic rings. The van der Waals surface area contributed by atoms with E-state index in [1.165, 1.54) is 0 Å². The van der Waals surface area contributed by atoms with Crippen LogP contribution in [0.5, 0.6) is 0 Å². The van der Waals surface area contributed by atoms with E-state index in [1.54, 1.807) is 6.08 Å². The summed E-state index contributed by atoms with van der Waals surface area (Å²) in [5.41, 5.74) is -0.220. The first-order valence-electron chi connectivity index (χ1n) is 2.69. The Morgan fingerprint density at radius 1 is 1.88 bits per heavy atom. The van der Waals surface area contributed by atoms with Crippen LogP contribution in [-0.4, -0.2) is 23.9 Å². The summed E-state index contributed by atoms with van der Waals surface area (Å²) >= 11 is 0. The molecule has 1 unspecified atom stereocenters. The lowest BCUT2D eigenvalue weighted by Crippen LogP contribution is -2.14. The molecule has 0 aliphatic carbocycles. The lowest BCUT2D eigenvalue weighted by molar-refractivity contribution is 0.174. The van der Waals surface area contributed by atoms with Gasteiger partial charge in [0, 0.05) is 0 Å². The lowest BCUT2D eigenvalue weighted by atomic mass is 10.1. The summed E-state index contributed by atoms with van der Waals surface area (Å²) in [6.45, 7) is 4.36. The number of hydrogen-bond donors (Lipinski definition) is 1. The summed E-state index contributed by atoms with van der Waals surface area (Å²) in [5.74, 6) is 0. The second-order valence-electron chi connectivity index (χ2n) is 2.12. The van der Waals surface area contributed by atoms with Gasteiger partial charge in [0.15, 0.2) is 0 Å². The van der Waals surface area contributed by atoms with Gasteiger partial charge in [0.05, 0.1) is 13.2 Å². The molecule has 8 heavy (non-hydrogen) atoms. The third-order valence-electron chi connectivity index (χ3n) is 1.36. The van der Waals surface area contributed by atoms with E-state index in [-0.39, 0.29) is 12.2 Å². The zero-order chi connectivity index (χ0) is 6.04. The number of aliphatic hydroxyl groups excluding tert-OH is 1. The SMILES string of the molecule is C=CCC1(CO)CO1. The predicted octanol–water partition coefficient (Wildman–Crippen LogP) is 0.324. The Balaban J connectivity index is 2.29. The third-order valence-corrected chi connectivity index (χ3v) is 1.36. The molecule has 1 atom stereocenters. The van der Waals surface area contributed by atoms with Gasteiger partial charge in [-0.05, 0) is 6.42 Å². The Morgan fingerprint density at radius 3 is 2.62 bits per heavy atom. The highest BCUT2D eigenvalue weighted by atomic mass is 16.6. The molecule has 0 amide bonds. The Morgan fingerprint density at radius 2 is 2.50 bits per heavy atom. The van der Waals surface area contributed by atoms with Crippen LogP contribution in [0.25, 0.3) is 0 Å². The first-order chi connectivity index (χ1) is 3.83. The largest absolute Gasteiger partial charge is 0.393 e. The molecular formula is C6H10O2. The van der Waals surface area contributed by atoms with Crippen LogP contribution < -0.4 is 0 Å². The summed E-state index contributed by atoms with van der Waals surface area (Å²) in [7, 11) is 0. The quantitative estimate of drug-likeness (QED) is 0.423. The van der Waals surface area contributed by atoms with Crippen molar-refractivity contribution < 1.29 is 9.84 Å². The van der Waals surface area contributed by atoms with Crippen LogP contribution in [0.2, 0.25) is 0 Å². The van der Waals surface area contributed by atoms with Crippen molar-refractivity contribution in [3.8, 4) is 0 Å². The van der Waals surface area contributed by atoms with Gasteiger partial charge in [0.1, 0.15) is 5.60 Å². The topological polar surface area (TPSA) is 32.8 Å². The Kier molecular flexibility index (Phi) is 1.36. The Bertz CT molecular complexity index is 94.7. The molecule has 2 heteroatoms. The Hall–Kier alpha value is -0.340. The molecule has 0 spiro atoms. The molecule has 0 aromatic heterocycles. The van der Waals surface area contributed by atoms with Gasteiger partial charge in [0.25, 0.3) is 0 Å². The van der Waals surface area contributed by atoms with Gasteiger partial charge >= 0.3 is 0 Å². The van der Waals surface area contributed by atoms with Crippen molar-refractivity contribution in [2.24, 2.45) is 0 Å². The average molecular weight is 114 g/mol. The minimum absolute atomic E-state index is 0.124. The summed E-state index contributed by atoms with van der Waals surface area (Å²) in [5, 5.41) is 8.61. The summed E-state index contributed by atoms with van der Waals surface area (Å²) < 4.78 is 4.96. The third kappa shape index (κ3) is 0.904. The van der Waals surface area contributed by atoms with Crippen molar-refractivity contribution in [2.75, 3.05) is 13.2 Å². The van der Waals surface area contributed by atoms with E-state index in [0.717, 1.165) is 6.42 Å². The van der Waals surface area contributed by atoms with E-state index >= 15 is 0 Å². The van der Waals surface area contributed by atoms with Crippen LogP contribution in [0.1, 0.15) is 6.42 Å². The molecule has 2 nitrogen and oxygen atoms in total. The molecule has 0 aromatic rings. The number of hydrogen-bond acceptors (Lipinski definition) is 2. The van der Waals surface area contributed by atoms with Gasteiger partial charge in [-0.2, -0.15) is 0 Å². The Labute approximate surface area is 48.8 Å². The highest BCUT2D eigenvalue weighted by Crippen LogP contribution is 2.29. The molecule has 0 saturated carbocycles. The van der Waals surface area contributed by atoms with Crippen LogP contribution in [-0.2, 0) is 4.74 Å². The first kappa shape index (κ1) is 5.79. The van der Waals surface area contributed by atoms with Crippen LogP contribution >= 0.6 is 0 Å². The van der Waals surface area contributed by atoms with Crippen molar-refractivity contribution in [2.45, 2.75) is 12.0 Å². The van der Waals surface area contributed by atoms with Crippen molar-refractivity contribution >= 4 is 0 Å². The van der Waals surface area contributed by atoms with Gasteiger partial charge in [-0.3, -0.25) is 0 Å². The molecule has 0 aromatic carbocycles. The van der Waals surface area contributed by atoms with E-state index in [0.29, 0.717) is 6.61 Å². The van der Waals surface area contributed by atoms with Crippen molar-refractivity contribution in [1.29, 1.82) is 0 Å². The maximum atomic E-state index is 8.61. The van der Waals surface area contributed by atoms with Gasteiger partial charge < -0.3 is 9.84 Å². The zero-order valence-corrected chi connectivity index (χ0v) is 4.76. The molecule has 1 fully saturated rings. The van der Waals surface area contributed by atoms with Crippen molar-refractivity contribution in [1.82, 2.24) is 0 Å². The minimum atomic E-state index is -0.220. The van der Waals surface area contributed by atoms with E-state index in [4.69, 9.17) is 9.84 Å². The van der Waals surface area contributed by atoms with Crippen molar-refractivity contribution in [3.63, 3.8) is 0 Å². The lowest BCUT2D eigenvalue weighted by Gasteiger charge is -2.00. The molecule has 1 aliphatic heterocycles. The smallest absolute Gasteiger partial charge is 0.118 e. The molecule has 1 saturated heterocycles. The standard InChI is InChI=1S/C6H10O2/c1-2-3-6(4-7)5-8-6/h2,7H,1,3-5H2. The van der Waals surface area contributed by atoms with Crippen LogP contribution in [0.4, 0.5) is 0 Å². The molecule has 46 valence electrons. The molecule has 1 rings (SSSR count). The van der Waals surface area contributed by atoms with Gasteiger partial charge in [-0.15, -0.1) is 6.58 Å². The van der Waals surface area contributed by atoms with Gasteiger partial charge in [0.2, 0.25) is 0 Å².